The van der Waals surface area contributed by atoms with Crippen LogP contribution in [0.15, 0.2) is 65.8 Å². The van der Waals surface area contributed by atoms with Crippen LogP contribution in [-0.4, -0.2) is 23.0 Å². The number of rotatable bonds is 6. The quantitative estimate of drug-likeness (QED) is 0.381. The van der Waals surface area contributed by atoms with Crippen molar-refractivity contribution in [2.75, 3.05) is 0 Å². The zero-order chi connectivity index (χ0) is 15.1. The largest absolute Gasteiger partial charge is 0.392 e. The highest BCUT2D eigenvalue weighted by Crippen LogP contribution is 2.14. The highest BCUT2D eigenvalue weighted by Gasteiger charge is 2.26. The zero-order valence-corrected chi connectivity index (χ0v) is 11.3. The van der Waals surface area contributed by atoms with Gasteiger partial charge in [-0.15, -0.1) is 0 Å². The number of aliphatic hydroxyl groups excluding tert-OH is 1. The van der Waals surface area contributed by atoms with E-state index in [0.29, 0.717) is 5.56 Å². The number of nitrogens with zero attached hydrogens (tertiary/aromatic N) is 3. The van der Waals surface area contributed by atoms with E-state index in [2.05, 4.69) is 10.0 Å². The molecule has 2 rings (SSSR count). The van der Waals surface area contributed by atoms with Crippen LogP contribution in [0.1, 0.15) is 15.9 Å². The maximum atomic E-state index is 12.3. The van der Waals surface area contributed by atoms with E-state index in [-0.39, 0.29) is 12.2 Å². The Kier molecular flexibility index (Phi) is 5.10. The summed E-state index contributed by atoms with van der Waals surface area (Å²) in [6, 6.07) is 16.7. The summed E-state index contributed by atoms with van der Waals surface area (Å²) in [5.74, 6) is -0.378. The van der Waals surface area contributed by atoms with E-state index in [9.17, 15) is 9.90 Å². The van der Waals surface area contributed by atoms with Gasteiger partial charge in [-0.2, -0.15) is 0 Å². The molecule has 5 heteroatoms. The minimum absolute atomic E-state index is 0.253. The van der Waals surface area contributed by atoms with Crippen molar-refractivity contribution in [3.63, 3.8) is 0 Å². The fourth-order valence-corrected chi connectivity index (χ4v) is 2.10. The second kappa shape index (κ2) is 7.24. The van der Waals surface area contributed by atoms with Crippen molar-refractivity contribution in [1.82, 2.24) is 0 Å². The summed E-state index contributed by atoms with van der Waals surface area (Å²) in [4.78, 5) is 15.0. The minimum Gasteiger partial charge on any atom is -0.392 e. The maximum absolute atomic E-state index is 12.3. The summed E-state index contributed by atoms with van der Waals surface area (Å²) < 4.78 is 0. The van der Waals surface area contributed by atoms with Crippen molar-refractivity contribution in [3.05, 3.63) is 82.2 Å². The Hall–Kier alpha value is -2.62. The van der Waals surface area contributed by atoms with Crippen LogP contribution in [0.3, 0.4) is 0 Å². The molecule has 2 aromatic rings. The first-order valence-corrected chi connectivity index (χ1v) is 6.58. The first kappa shape index (κ1) is 14.8. The van der Waals surface area contributed by atoms with Crippen LogP contribution in [0.4, 0.5) is 0 Å². The molecule has 5 nitrogen and oxygen atoms in total. The Morgan fingerprint density at radius 1 is 1.10 bits per heavy atom. The molecule has 0 aliphatic carbocycles. The lowest BCUT2D eigenvalue weighted by Gasteiger charge is -2.17. The molecule has 0 amide bonds. The third-order valence-corrected chi connectivity index (χ3v) is 3.16. The molecule has 0 unspecified atom stereocenters. The first-order valence-electron chi connectivity index (χ1n) is 6.58. The lowest BCUT2D eigenvalue weighted by Crippen LogP contribution is -2.33. The smallest absolute Gasteiger partial charge is 0.174 e. The maximum Gasteiger partial charge on any atom is 0.174 e. The zero-order valence-electron chi connectivity index (χ0n) is 11.3. The second-order valence-electron chi connectivity index (χ2n) is 4.64. The standard InChI is InChI=1S/C16H15N3O2/c17-19-18-15(16(21)13-9-5-2-6-10-13)14(20)11-12-7-3-1-4-8-12/h1-10,14-15,20H,11H2/t14-,15+/m1/s1. The minimum atomic E-state index is -1.13. The lowest BCUT2D eigenvalue weighted by atomic mass is 9.96. The van der Waals surface area contributed by atoms with Gasteiger partial charge in [0.05, 0.1) is 6.10 Å². The van der Waals surface area contributed by atoms with Gasteiger partial charge < -0.3 is 5.11 Å². The Morgan fingerprint density at radius 2 is 1.67 bits per heavy atom. The van der Waals surface area contributed by atoms with Gasteiger partial charge in [0.2, 0.25) is 0 Å². The molecule has 0 fully saturated rings. The fourth-order valence-electron chi connectivity index (χ4n) is 2.10. The van der Waals surface area contributed by atoms with Gasteiger partial charge in [-0.05, 0) is 17.5 Å². The molecule has 1 N–H and O–H groups in total. The summed E-state index contributed by atoms with van der Waals surface area (Å²) in [7, 11) is 0. The molecule has 0 aliphatic heterocycles. The number of hydrogen-bond donors (Lipinski definition) is 1. The van der Waals surface area contributed by atoms with Crippen LogP contribution in [0.25, 0.3) is 10.4 Å². The average Bonchev–Trinajstić information content (AvgIpc) is 2.53. The van der Waals surface area contributed by atoms with Gasteiger partial charge in [0.15, 0.2) is 5.78 Å². The Labute approximate surface area is 122 Å². The molecule has 0 aromatic heterocycles. The number of aliphatic hydroxyl groups is 1. The normalized spacial score (nSPS) is 13.0. The third-order valence-electron chi connectivity index (χ3n) is 3.16. The summed E-state index contributed by atoms with van der Waals surface area (Å²) >= 11 is 0. The topological polar surface area (TPSA) is 86.1 Å². The van der Waals surface area contributed by atoms with Crippen molar-refractivity contribution < 1.29 is 9.90 Å². The van der Waals surface area contributed by atoms with Crippen molar-refractivity contribution in [2.24, 2.45) is 5.11 Å². The van der Waals surface area contributed by atoms with Gasteiger partial charge in [-0.25, -0.2) is 0 Å². The van der Waals surface area contributed by atoms with E-state index < -0.39 is 12.1 Å². The molecule has 0 saturated heterocycles. The van der Waals surface area contributed by atoms with E-state index in [1.165, 1.54) is 0 Å². The molecule has 0 aliphatic rings. The number of carbonyl (C=O) groups excluding carboxylic acids is 1. The summed E-state index contributed by atoms with van der Waals surface area (Å²) in [5.41, 5.74) is 9.94. The van der Waals surface area contributed by atoms with Gasteiger partial charge in [-0.1, -0.05) is 65.8 Å². The highest BCUT2D eigenvalue weighted by molar-refractivity contribution is 6.00. The number of hydrogen-bond acceptors (Lipinski definition) is 3. The molecule has 0 radical (unpaired) electrons. The van der Waals surface area contributed by atoms with Crippen molar-refractivity contribution in [3.8, 4) is 0 Å². The van der Waals surface area contributed by atoms with E-state index >= 15 is 0 Å². The first-order chi connectivity index (χ1) is 10.2. The Morgan fingerprint density at radius 3 is 2.24 bits per heavy atom. The number of Topliss-reactive ketones (excluding diaryl/α,β-unsaturated/α-hetero) is 1. The number of carbonyl (C=O) groups is 1. The number of benzene rings is 2. The van der Waals surface area contributed by atoms with Crippen LogP contribution in [-0.2, 0) is 6.42 Å². The van der Waals surface area contributed by atoms with Gasteiger partial charge in [-0.3, -0.25) is 4.79 Å². The fraction of sp³-hybridized carbons (Fsp3) is 0.188. The molecule has 2 aromatic carbocycles. The predicted octanol–water partition coefficient (Wildman–Crippen LogP) is 3.15. The van der Waals surface area contributed by atoms with Crippen LogP contribution in [0.5, 0.6) is 0 Å². The molecule has 106 valence electrons. The summed E-state index contributed by atoms with van der Waals surface area (Å²) in [6.07, 6.45) is -0.806. The van der Waals surface area contributed by atoms with Crippen LogP contribution in [0, 0.1) is 0 Å². The average molecular weight is 281 g/mol. The van der Waals surface area contributed by atoms with E-state index in [4.69, 9.17) is 5.53 Å². The van der Waals surface area contributed by atoms with Crippen LogP contribution >= 0.6 is 0 Å². The van der Waals surface area contributed by atoms with Gasteiger partial charge in [0.25, 0.3) is 0 Å². The van der Waals surface area contributed by atoms with Crippen LogP contribution < -0.4 is 0 Å². The highest BCUT2D eigenvalue weighted by atomic mass is 16.3. The molecule has 0 bridgehead atoms. The lowest BCUT2D eigenvalue weighted by molar-refractivity contribution is 0.0819. The van der Waals surface area contributed by atoms with Crippen LogP contribution in [0.2, 0.25) is 0 Å². The van der Waals surface area contributed by atoms with E-state index in [1.54, 1.807) is 30.3 Å². The second-order valence-corrected chi connectivity index (χ2v) is 4.64. The SMILES string of the molecule is [N-]=[N+]=N[C@H](C(=O)c1ccccc1)[C@H](O)Cc1ccccc1. The Balaban J connectivity index is 2.18. The monoisotopic (exact) mass is 281 g/mol. The Bertz CT molecular complexity index is 637. The van der Waals surface area contributed by atoms with Crippen molar-refractivity contribution in [1.29, 1.82) is 0 Å². The number of azide groups is 1. The molecule has 0 spiro atoms. The molecule has 0 heterocycles. The molecular formula is C16H15N3O2. The van der Waals surface area contributed by atoms with Crippen molar-refractivity contribution in [2.45, 2.75) is 18.6 Å². The number of ketones is 1. The van der Waals surface area contributed by atoms with Gasteiger partial charge in [0, 0.05) is 10.5 Å². The van der Waals surface area contributed by atoms with Gasteiger partial charge >= 0.3 is 0 Å². The third kappa shape index (κ3) is 3.92. The van der Waals surface area contributed by atoms with E-state index in [1.807, 2.05) is 30.3 Å². The molecule has 21 heavy (non-hydrogen) atoms. The molecule has 2 atom stereocenters. The van der Waals surface area contributed by atoms with Gasteiger partial charge in [0.1, 0.15) is 6.04 Å². The summed E-state index contributed by atoms with van der Waals surface area (Å²) in [6.45, 7) is 0. The predicted molar refractivity (Wildman–Crippen MR) is 79.9 cm³/mol. The van der Waals surface area contributed by atoms with Crippen molar-refractivity contribution >= 4 is 5.78 Å². The molecule has 0 saturated carbocycles. The molecular weight excluding hydrogens is 266 g/mol. The summed E-state index contributed by atoms with van der Waals surface area (Å²) in [5, 5.41) is 13.7. The van der Waals surface area contributed by atoms with E-state index in [0.717, 1.165) is 5.56 Å².